The maximum atomic E-state index is 10.8. The van der Waals surface area contributed by atoms with Crippen LogP contribution in [0.4, 0.5) is 0 Å². The maximum absolute atomic E-state index is 10.8. The fourth-order valence-corrected chi connectivity index (χ4v) is 0.890. The van der Waals surface area contributed by atoms with Gasteiger partial charge in [0.05, 0.1) is 6.04 Å². The van der Waals surface area contributed by atoms with E-state index in [0.717, 1.165) is 0 Å². The van der Waals surface area contributed by atoms with E-state index in [1.165, 1.54) is 0 Å². The van der Waals surface area contributed by atoms with E-state index in [2.05, 4.69) is 10.8 Å². The lowest BCUT2D eigenvalue weighted by atomic mass is 9.88. The first kappa shape index (κ1) is 10.0. The van der Waals surface area contributed by atoms with Crippen molar-refractivity contribution in [2.24, 2.45) is 11.1 Å². The zero-order valence-corrected chi connectivity index (χ0v) is 6.85. The van der Waals surface area contributed by atoms with Gasteiger partial charge in [-0.15, -0.1) is 0 Å². The summed E-state index contributed by atoms with van der Waals surface area (Å²) in [6.45, 7) is 4.66. The van der Waals surface area contributed by atoms with Crippen molar-refractivity contribution >= 4 is 5.91 Å². The van der Waals surface area contributed by atoms with Crippen molar-refractivity contribution in [3.63, 3.8) is 0 Å². The third-order valence-corrected chi connectivity index (χ3v) is 1.84. The summed E-state index contributed by atoms with van der Waals surface area (Å²) in [4.78, 5) is 10.8. The molecule has 11 heavy (non-hydrogen) atoms. The van der Waals surface area contributed by atoms with Crippen molar-refractivity contribution in [3.05, 3.63) is 0 Å². The molecule has 1 rings (SSSR count). The van der Waals surface area contributed by atoms with Crippen LogP contribution in [-0.4, -0.2) is 18.5 Å². The molecule has 1 heterocycles. The van der Waals surface area contributed by atoms with Gasteiger partial charge in [-0.05, 0) is 0 Å². The second kappa shape index (κ2) is 3.43. The molecule has 0 aromatic heterocycles. The molecule has 1 amide bonds. The lowest BCUT2D eigenvalue weighted by Gasteiger charge is -2.18. The van der Waals surface area contributed by atoms with Gasteiger partial charge in [-0.3, -0.25) is 4.79 Å². The summed E-state index contributed by atoms with van der Waals surface area (Å²) in [6.07, 6.45) is 0. The Morgan fingerprint density at radius 3 is 2.27 bits per heavy atom. The molecule has 0 aromatic carbocycles. The van der Waals surface area contributed by atoms with Gasteiger partial charge in [0.1, 0.15) is 0 Å². The summed E-state index contributed by atoms with van der Waals surface area (Å²) in [5.74, 6) is -0.0278. The van der Waals surface area contributed by atoms with E-state index in [0.29, 0.717) is 6.54 Å². The van der Waals surface area contributed by atoms with E-state index < -0.39 is 0 Å². The van der Waals surface area contributed by atoms with Crippen LogP contribution in [-0.2, 0) is 4.79 Å². The summed E-state index contributed by atoms with van der Waals surface area (Å²) in [5.41, 5.74) is 14.5. The van der Waals surface area contributed by atoms with E-state index in [4.69, 9.17) is 11.3 Å². The minimum Gasteiger partial charge on any atom is -0.354 e. The molecule has 0 radical (unpaired) electrons. The van der Waals surface area contributed by atoms with Crippen molar-refractivity contribution < 1.29 is 10.3 Å². The van der Waals surface area contributed by atoms with Gasteiger partial charge in [-0.25, -0.2) is 0 Å². The number of nitrogens with two attached hydrogens (primary N) is 2. The largest absolute Gasteiger partial charge is 0.354 e. The van der Waals surface area contributed by atoms with E-state index in [1.807, 2.05) is 13.8 Å². The Kier molecular flexibility index (Phi) is 3.13. The highest BCUT2D eigenvalue weighted by molar-refractivity contribution is 5.84. The van der Waals surface area contributed by atoms with Gasteiger partial charge in [0.15, 0.2) is 0 Å². The van der Waals surface area contributed by atoms with Crippen molar-refractivity contribution in [1.29, 1.82) is 5.53 Å². The lowest BCUT2D eigenvalue weighted by Crippen LogP contribution is -2.38. The van der Waals surface area contributed by atoms with Gasteiger partial charge in [0.2, 0.25) is 5.91 Å². The number of nitrogens with one attached hydrogen (secondary N) is 2. The van der Waals surface area contributed by atoms with Gasteiger partial charge in [0, 0.05) is 12.0 Å². The SMILES string of the molecule is CC1(C)CNC(=O)[C@H]1N.N=[NH2+]. The van der Waals surface area contributed by atoms with Crippen LogP contribution in [0.5, 0.6) is 0 Å². The highest BCUT2D eigenvalue weighted by atomic mass is 16.2. The van der Waals surface area contributed by atoms with Crippen molar-refractivity contribution in [1.82, 2.24) is 5.32 Å². The van der Waals surface area contributed by atoms with Crippen molar-refractivity contribution in [3.8, 4) is 0 Å². The quantitative estimate of drug-likeness (QED) is 0.315. The molecule has 0 saturated carbocycles. The zero-order valence-electron chi connectivity index (χ0n) is 6.85. The molecular weight excluding hydrogens is 144 g/mol. The number of carbonyl (C=O) groups is 1. The molecule has 0 unspecified atom stereocenters. The van der Waals surface area contributed by atoms with Crippen LogP contribution in [0.15, 0.2) is 0 Å². The van der Waals surface area contributed by atoms with Crippen molar-refractivity contribution in [2.45, 2.75) is 19.9 Å². The van der Waals surface area contributed by atoms with E-state index in [1.54, 1.807) is 0 Å². The normalized spacial score (nSPS) is 26.8. The van der Waals surface area contributed by atoms with Crippen LogP contribution in [0.3, 0.4) is 0 Å². The van der Waals surface area contributed by atoms with E-state index >= 15 is 0 Å². The number of hydrogen-bond acceptors (Lipinski definition) is 3. The van der Waals surface area contributed by atoms with Crippen LogP contribution >= 0.6 is 0 Å². The highest BCUT2D eigenvalue weighted by Crippen LogP contribution is 2.22. The number of carbonyl (C=O) groups excluding carboxylic acids is 1. The molecule has 1 aliphatic heterocycles. The molecule has 0 bridgehead atoms. The molecule has 0 aliphatic carbocycles. The van der Waals surface area contributed by atoms with Crippen LogP contribution in [0.1, 0.15) is 13.8 Å². The van der Waals surface area contributed by atoms with Gasteiger partial charge in [0.25, 0.3) is 0 Å². The molecular formula is C6H15N4O+. The summed E-state index contributed by atoms with van der Waals surface area (Å²) in [7, 11) is 0. The molecule has 6 N–H and O–H groups in total. The molecule has 64 valence electrons. The van der Waals surface area contributed by atoms with Crippen LogP contribution < -0.4 is 16.6 Å². The minimum absolute atomic E-state index is 0.0278. The maximum Gasteiger partial charge on any atom is 0.237 e. The third kappa shape index (κ3) is 1.98. The Morgan fingerprint density at radius 2 is 2.18 bits per heavy atom. The van der Waals surface area contributed by atoms with Crippen molar-refractivity contribution in [2.75, 3.05) is 6.54 Å². The average Bonchev–Trinajstić information content (AvgIpc) is 2.21. The molecule has 1 fully saturated rings. The van der Waals surface area contributed by atoms with Gasteiger partial charge in [-0.2, -0.15) is 5.53 Å². The zero-order chi connectivity index (χ0) is 9.07. The smallest absolute Gasteiger partial charge is 0.237 e. The Labute approximate surface area is 65.6 Å². The summed E-state index contributed by atoms with van der Waals surface area (Å²) in [6, 6.07) is -0.322. The molecule has 1 atom stereocenters. The summed E-state index contributed by atoms with van der Waals surface area (Å²) in [5, 5.41) is 2.70. The molecule has 1 saturated heterocycles. The van der Waals surface area contributed by atoms with E-state index in [-0.39, 0.29) is 17.4 Å². The Balaban J connectivity index is 0.000000461. The second-order valence-electron chi connectivity index (χ2n) is 3.18. The first-order valence-electron chi connectivity index (χ1n) is 3.36. The van der Waals surface area contributed by atoms with Crippen LogP contribution in [0.25, 0.3) is 0 Å². The molecule has 0 aromatic rings. The van der Waals surface area contributed by atoms with Crippen LogP contribution in [0.2, 0.25) is 0 Å². The highest BCUT2D eigenvalue weighted by Gasteiger charge is 2.37. The first-order chi connectivity index (χ1) is 5.04. The third-order valence-electron chi connectivity index (χ3n) is 1.84. The Bertz CT molecular complexity index is 157. The predicted octanol–water partition coefficient (Wildman–Crippen LogP) is -1.75. The average molecular weight is 159 g/mol. The number of amides is 1. The number of hydrogen-bond donors (Lipinski definition) is 4. The molecule has 5 heteroatoms. The topological polar surface area (TPSA) is 105 Å². The van der Waals surface area contributed by atoms with Gasteiger partial charge in [-0.1, -0.05) is 19.4 Å². The fraction of sp³-hybridized carbons (Fsp3) is 0.833. The fourth-order valence-electron chi connectivity index (χ4n) is 0.890. The summed E-state index contributed by atoms with van der Waals surface area (Å²) >= 11 is 0. The minimum atomic E-state index is -0.322. The van der Waals surface area contributed by atoms with Gasteiger partial charge < -0.3 is 11.1 Å². The lowest BCUT2D eigenvalue weighted by molar-refractivity contribution is -0.249. The molecule has 1 aliphatic rings. The van der Waals surface area contributed by atoms with Crippen LogP contribution in [0, 0.1) is 10.9 Å². The Morgan fingerprint density at radius 1 is 1.73 bits per heavy atom. The first-order valence-corrected chi connectivity index (χ1v) is 3.36. The molecule has 0 spiro atoms. The Hall–Kier alpha value is -0.970. The standard InChI is InChI=1S/C6H12N2O.H2N2/c1-6(2)3-8-5(9)4(6)7;1-2/h4H,3,7H2,1-2H3,(H,8,9);1-2H/p+1/t4-;/m1./s1. The predicted molar refractivity (Wildman–Crippen MR) is 39.4 cm³/mol. The number of rotatable bonds is 0. The summed E-state index contributed by atoms with van der Waals surface area (Å²) < 4.78 is 0. The second-order valence-corrected chi connectivity index (χ2v) is 3.18. The van der Waals surface area contributed by atoms with E-state index in [9.17, 15) is 4.79 Å². The van der Waals surface area contributed by atoms with Gasteiger partial charge >= 0.3 is 0 Å². The monoisotopic (exact) mass is 159 g/mol. The molecule has 5 nitrogen and oxygen atoms in total.